The molecule has 0 atom stereocenters. The number of hydrogen-bond donors (Lipinski definition) is 2. The highest BCUT2D eigenvalue weighted by Gasteiger charge is 2.16. The van der Waals surface area contributed by atoms with Gasteiger partial charge in [-0.2, -0.15) is 0 Å². The van der Waals surface area contributed by atoms with Gasteiger partial charge in [0, 0.05) is 54.0 Å². The summed E-state index contributed by atoms with van der Waals surface area (Å²) in [7, 11) is 1.34. The topological polar surface area (TPSA) is 92.9 Å². The van der Waals surface area contributed by atoms with E-state index in [0.717, 1.165) is 18.3 Å². The molecule has 3 heterocycles. The Morgan fingerprint density at radius 1 is 1.31 bits per heavy atom. The maximum Gasteiger partial charge on any atom is 0.305 e. The Morgan fingerprint density at radius 3 is 2.62 bits per heavy atom. The van der Waals surface area contributed by atoms with Gasteiger partial charge < -0.3 is 10.4 Å². The van der Waals surface area contributed by atoms with Gasteiger partial charge in [0.25, 0.3) is 0 Å². The van der Waals surface area contributed by atoms with Crippen molar-refractivity contribution in [1.82, 2.24) is 18.9 Å². The van der Waals surface area contributed by atoms with E-state index in [0.29, 0.717) is 16.6 Å². The summed E-state index contributed by atoms with van der Waals surface area (Å²) < 4.78 is 29.1. The van der Waals surface area contributed by atoms with Crippen LogP contribution in [0.25, 0.3) is 22.4 Å². The van der Waals surface area contributed by atoms with Crippen molar-refractivity contribution < 1.29 is 18.7 Å². The molecule has 0 aromatic carbocycles. The molecule has 0 bridgehead atoms. The second-order valence-electron chi connectivity index (χ2n) is 6.65. The highest BCUT2D eigenvalue weighted by molar-refractivity contribution is 14.2. The number of pyridine rings is 1. The molecule has 0 aliphatic rings. The molecule has 0 amide bonds. The SMILES string of the molecule is CC(C)C.O=C(O)CCNc1nc(-c2cn(SI)c3ncc(F)cc23)ncc1F. The lowest BCUT2D eigenvalue weighted by molar-refractivity contribution is -0.136. The van der Waals surface area contributed by atoms with Gasteiger partial charge in [-0.15, -0.1) is 0 Å². The second kappa shape index (κ2) is 10.7. The van der Waals surface area contributed by atoms with Crippen LogP contribution < -0.4 is 5.32 Å². The first-order valence-electron chi connectivity index (χ1n) is 8.67. The molecule has 156 valence electrons. The largest absolute Gasteiger partial charge is 0.481 e. The van der Waals surface area contributed by atoms with E-state index in [1.54, 1.807) is 10.2 Å². The Labute approximate surface area is 183 Å². The maximum atomic E-state index is 13.8. The van der Waals surface area contributed by atoms with E-state index in [9.17, 15) is 13.6 Å². The molecule has 3 aromatic rings. The predicted octanol–water partition coefficient (Wildman–Crippen LogP) is 5.17. The summed E-state index contributed by atoms with van der Waals surface area (Å²) >= 11 is 2.06. The Hall–Kier alpha value is -2.02. The number of aromatic nitrogens is 4. The molecule has 0 fully saturated rings. The fourth-order valence-electron chi connectivity index (χ4n) is 2.19. The predicted molar refractivity (Wildman–Crippen MR) is 119 cm³/mol. The molecule has 2 N–H and O–H groups in total. The van der Waals surface area contributed by atoms with E-state index < -0.39 is 17.6 Å². The molecule has 3 rings (SSSR count). The molecular weight excluding hydrogens is 515 g/mol. The number of rotatable bonds is 6. The van der Waals surface area contributed by atoms with Crippen LogP contribution in [0.1, 0.15) is 27.2 Å². The van der Waals surface area contributed by atoms with Crippen LogP contribution in [-0.2, 0) is 4.79 Å². The standard InChI is InChI=1S/C14H10F2IN5O2S.C4H10/c15-7-3-8-9(6-22(25-17)14(8)20-4-7)12-19-5-10(16)13(21-12)18-2-1-11(23)24;1-4(2)3/h3-6H,1-2H2,(H,23,24)(H,18,19,21);4H,1-3H3. The van der Waals surface area contributed by atoms with Gasteiger partial charge in [-0.3, -0.25) is 8.77 Å². The van der Waals surface area contributed by atoms with Gasteiger partial charge in [-0.05, 0) is 12.0 Å². The molecule has 0 radical (unpaired) electrons. The second-order valence-corrected chi connectivity index (χ2v) is 8.37. The highest BCUT2D eigenvalue weighted by atomic mass is 127. The lowest BCUT2D eigenvalue weighted by Crippen LogP contribution is -2.10. The zero-order valence-electron chi connectivity index (χ0n) is 16.0. The van der Waals surface area contributed by atoms with Crippen LogP contribution in [-0.4, -0.2) is 36.5 Å². The van der Waals surface area contributed by atoms with Crippen LogP contribution >= 0.6 is 30.3 Å². The molecule has 29 heavy (non-hydrogen) atoms. The van der Waals surface area contributed by atoms with Gasteiger partial charge >= 0.3 is 5.97 Å². The van der Waals surface area contributed by atoms with Crippen LogP contribution in [0.15, 0.2) is 24.7 Å². The number of carboxylic acids is 1. The van der Waals surface area contributed by atoms with Crippen molar-refractivity contribution in [1.29, 1.82) is 0 Å². The summed E-state index contributed by atoms with van der Waals surface area (Å²) in [4.78, 5) is 22.7. The van der Waals surface area contributed by atoms with E-state index in [4.69, 9.17) is 5.11 Å². The molecule has 3 aromatic heterocycles. The first-order chi connectivity index (χ1) is 13.7. The lowest BCUT2D eigenvalue weighted by atomic mass is 10.2. The number of carboxylic acid groups (broad SMARTS) is 1. The third kappa shape index (κ3) is 6.49. The van der Waals surface area contributed by atoms with Crippen LogP contribution in [0, 0.1) is 17.6 Å². The summed E-state index contributed by atoms with van der Waals surface area (Å²) in [6, 6.07) is 1.31. The number of nitrogens with zero attached hydrogens (tertiary/aromatic N) is 4. The van der Waals surface area contributed by atoms with E-state index in [2.05, 4.69) is 62.2 Å². The molecule has 0 saturated heterocycles. The first-order valence-corrected chi connectivity index (χ1v) is 12.0. The zero-order valence-corrected chi connectivity index (χ0v) is 19.0. The van der Waals surface area contributed by atoms with Gasteiger partial charge in [-0.1, -0.05) is 20.8 Å². The normalized spacial score (nSPS) is 10.7. The quantitative estimate of drug-likeness (QED) is 0.421. The van der Waals surface area contributed by atoms with E-state index in [1.807, 2.05) is 0 Å². The third-order valence-electron chi connectivity index (χ3n) is 3.27. The minimum Gasteiger partial charge on any atom is -0.481 e. The molecule has 0 aliphatic carbocycles. The van der Waals surface area contributed by atoms with Crippen molar-refractivity contribution in [3.05, 3.63) is 36.3 Å². The van der Waals surface area contributed by atoms with Crippen LogP contribution in [0.2, 0.25) is 0 Å². The Morgan fingerprint density at radius 2 is 2.00 bits per heavy atom. The monoisotopic (exact) mass is 535 g/mol. The molecule has 11 heteroatoms. The average molecular weight is 535 g/mol. The summed E-state index contributed by atoms with van der Waals surface area (Å²) in [6.07, 6.45) is 3.60. The van der Waals surface area contributed by atoms with Gasteiger partial charge in [-0.25, -0.2) is 23.7 Å². The number of aliphatic carboxylic acids is 1. The van der Waals surface area contributed by atoms with Gasteiger partial charge in [0.15, 0.2) is 23.1 Å². The number of hydrogen-bond acceptors (Lipinski definition) is 6. The van der Waals surface area contributed by atoms with E-state index >= 15 is 0 Å². The average Bonchev–Trinajstić information content (AvgIpc) is 3.00. The van der Waals surface area contributed by atoms with Crippen molar-refractivity contribution in [2.75, 3.05) is 11.9 Å². The number of anilines is 1. The number of nitrogens with one attached hydrogen (secondary N) is 1. The van der Waals surface area contributed by atoms with Crippen molar-refractivity contribution in [2.24, 2.45) is 5.92 Å². The molecular formula is C18H20F2IN5O2S. The van der Waals surface area contributed by atoms with Gasteiger partial charge in [0.1, 0.15) is 5.82 Å². The number of carbonyl (C=O) groups is 1. The molecule has 0 unspecified atom stereocenters. The fourth-order valence-corrected chi connectivity index (χ4v) is 3.45. The first kappa shape index (κ1) is 23.3. The minimum absolute atomic E-state index is 0.0181. The Bertz CT molecular complexity index is 997. The van der Waals surface area contributed by atoms with Gasteiger partial charge in [0.2, 0.25) is 0 Å². The van der Waals surface area contributed by atoms with Crippen molar-refractivity contribution >= 4 is 53.1 Å². The van der Waals surface area contributed by atoms with Crippen molar-refractivity contribution in [3.8, 4) is 11.4 Å². The Kier molecular flexibility index (Phi) is 8.56. The summed E-state index contributed by atoms with van der Waals surface area (Å²) in [5.74, 6) is -1.32. The van der Waals surface area contributed by atoms with Crippen LogP contribution in [0.4, 0.5) is 14.6 Å². The molecule has 0 saturated carbocycles. The number of halogens is 3. The summed E-state index contributed by atoms with van der Waals surface area (Å²) in [5.41, 5.74) is 1.02. The van der Waals surface area contributed by atoms with Crippen LogP contribution in [0.5, 0.6) is 0 Å². The summed E-state index contributed by atoms with van der Waals surface area (Å²) in [5, 5.41) is 11.8. The van der Waals surface area contributed by atoms with Crippen LogP contribution in [0.3, 0.4) is 0 Å². The fraction of sp³-hybridized carbons (Fsp3) is 0.333. The highest BCUT2D eigenvalue weighted by Crippen LogP contribution is 2.33. The molecule has 0 aliphatic heterocycles. The zero-order chi connectivity index (χ0) is 21.6. The molecule has 0 spiro atoms. The van der Waals surface area contributed by atoms with Crippen molar-refractivity contribution in [2.45, 2.75) is 27.2 Å². The lowest BCUT2D eigenvalue weighted by Gasteiger charge is -2.06. The van der Waals surface area contributed by atoms with E-state index in [-0.39, 0.29) is 24.6 Å². The summed E-state index contributed by atoms with van der Waals surface area (Å²) in [6.45, 7) is 6.52. The van der Waals surface area contributed by atoms with Gasteiger partial charge in [0.05, 0.1) is 18.8 Å². The number of fused-ring (bicyclic) bond motifs is 1. The minimum atomic E-state index is -1.01. The van der Waals surface area contributed by atoms with Crippen molar-refractivity contribution in [3.63, 3.8) is 0 Å². The Balaban J connectivity index is 0.000000687. The molecule has 7 nitrogen and oxygen atoms in total. The maximum absolute atomic E-state index is 13.8. The third-order valence-corrected chi connectivity index (χ3v) is 4.97. The smallest absolute Gasteiger partial charge is 0.305 e. The van der Waals surface area contributed by atoms with E-state index in [1.165, 1.54) is 15.2 Å².